The van der Waals surface area contributed by atoms with E-state index in [0.717, 1.165) is 22.6 Å². The van der Waals surface area contributed by atoms with Crippen LogP contribution in [-0.4, -0.2) is 0 Å². The molecule has 0 saturated heterocycles. The molecule has 0 aliphatic carbocycles. The molecule has 1 heteroatoms. The molecule has 0 aromatic heterocycles. The van der Waals surface area contributed by atoms with Crippen LogP contribution in [0.4, 0.5) is 17.1 Å². The lowest BCUT2D eigenvalue weighted by Gasteiger charge is -2.27. The molecule has 0 amide bonds. The molecule has 0 heterocycles. The molecule has 0 bridgehead atoms. The summed E-state index contributed by atoms with van der Waals surface area (Å²) in [5.41, 5.74) is 20.1. The smallest absolute Gasteiger partial charge is 0.0467 e. The molecule has 0 aliphatic heterocycles. The van der Waals surface area contributed by atoms with Crippen LogP contribution in [-0.2, 0) is 0 Å². The van der Waals surface area contributed by atoms with Crippen molar-refractivity contribution in [3.05, 3.63) is 285 Å². The molecule has 0 saturated carbocycles. The zero-order chi connectivity index (χ0) is 45.9. The van der Waals surface area contributed by atoms with Crippen molar-refractivity contribution in [2.24, 2.45) is 0 Å². The summed E-state index contributed by atoms with van der Waals surface area (Å²) in [4.78, 5) is 2.38. The molecule has 0 spiro atoms. The van der Waals surface area contributed by atoms with Gasteiger partial charge in [0.1, 0.15) is 0 Å². The molecule has 0 unspecified atom stereocenters. The minimum absolute atomic E-state index is 1.08. The van der Waals surface area contributed by atoms with Crippen LogP contribution < -0.4 is 4.90 Å². The molecule has 0 atom stereocenters. The second kappa shape index (κ2) is 18.3. The third-order valence-corrected chi connectivity index (χ3v) is 13.5. The van der Waals surface area contributed by atoms with E-state index in [1.807, 2.05) is 0 Å². The molecular formula is C68H47N. The van der Waals surface area contributed by atoms with E-state index in [1.165, 1.54) is 93.9 Å². The van der Waals surface area contributed by atoms with Crippen LogP contribution in [0.25, 0.3) is 99.4 Å². The summed E-state index contributed by atoms with van der Waals surface area (Å²) < 4.78 is 0. The molecule has 0 N–H and O–H groups in total. The topological polar surface area (TPSA) is 3.24 Å². The van der Waals surface area contributed by atoms with E-state index >= 15 is 0 Å². The van der Waals surface area contributed by atoms with Gasteiger partial charge >= 0.3 is 0 Å². The first kappa shape index (κ1) is 41.4. The van der Waals surface area contributed by atoms with E-state index < -0.39 is 0 Å². The number of anilines is 3. The van der Waals surface area contributed by atoms with Gasteiger partial charge in [-0.3, -0.25) is 0 Å². The Morgan fingerprint density at radius 2 is 0.580 bits per heavy atom. The molecule has 0 radical (unpaired) electrons. The van der Waals surface area contributed by atoms with E-state index in [9.17, 15) is 0 Å². The van der Waals surface area contributed by atoms with Crippen molar-refractivity contribution in [3.8, 4) is 77.9 Å². The lowest BCUT2D eigenvalue weighted by molar-refractivity contribution is 1.28. The van der Waals surface area contributed by atoms with E-state index in [4.69, 9.17) is 0 Å². The first-order valence-electron chi connectivity index (χ1n) is 23.7. The Morgan fingerprint density at radius 3 is 1.17 bits per heavy atom. The van der Waals surface area contributed by atoms with Gasteiger partial charge in [0.2, 0.25) is 0 Å². The largest absolute Gasteiger partial charge is 0.310 e. The maximum absolute atomic E-state index is 2.38. The Hall–Kier alpha value is -9.04. The fourth-order valence-electron chi connectivity index (χ4n) is 10.2. The van der Waals surface area contributed by atoms with Crippen molar-refractivity contribution in [2.45, 2.75) is 0 Å². The summed E-state index contributed by atoms with van der Waals surface area (Å²) >= 11 is 0. The van der Waals surface area contributed by atoms with Gasteiger partial charge in [-0.1, -0.05) is 243 Å². The van der Waals surface area contributed by atoms with Crippen LogP contribution in [0, 0.1) is 0 Å². The Bertz CT molecular complexity index is 3720. The Morgan fingerprint density at radius 1 is 0.188 bits per heavy atom. The van der Waals surface area contributed by atoms with Crippen LogP contribution in [0.3, 0.4) is 0 Å². The molecule has 324 valence electrons. The Balaban J connectivity index is 0.979. The van der Waals surface area contributed by atoms with Gasteiger partial charge < -0.3 is 4.90 Å². The fraction of sp³-hybridized carbons (Fsp3) is 0. The number of rotatable bonds is 10. The van der Waals surface area contributed by atoms with Crippen LogP contribution in [0.2, 0.25) is 0 Å². The minimum Gasteiger partial charge on any atom is -0.310 e. The van der Waals surface area contributed by atoms with Crippen molar-refractivity contribution in [1.29, 1.82) is 0 Å². The number of hydrogen-bond donors (Lipinski definition) is 0. The van der Waals surface area contributed by atoms with Gasteiger partial charge in [0.25, 0.3) is 0 Å². The first-order valence-corrected chi connectivity index (χ1v) is 23.7. The third kappa shape index (κ3) is 7.97. The molecule has 12 aromatic rings. The number of nitrogens with zero attached hydrogens (tertiary/aromatic N) is 1. The molecule has 12 aromatic carbocycles. The average Bonchev–Trinajstić information content (AvgIpc) is 3.44. The highest BCUT2D eigenvalue weighted by molar-refractivity contribution is 6.25. The molecule has 12 rings (SSSR count). The lowest BCUT2D eigenvalue weighted by atomic mass is 9.83. The zero-order valence-electron chi connectivity index (χ0n) is 38.1. The lowest BCUT2D eigenvalue weighted by Crippen LogP contribution is -2.10. The fourth-order valence-corrected chi connectivity index (χ4v) is 10.2. The normalized spacial score (nSPS) is 11.2. The predicted octanol–water partition coefficient (Wildman–Crippen LogP) is 19.1. The third-order valence-electron chi connectivity index (χ3n) is 13.5. The molecule has 0 aliphatic rings. The minimum atomic E-state index is 1.08. The van der Waals surface area contributed by atoms with E-state index in [0.29, 0.717) is 0 Å². The van der Waals surface area contributed by atoms with Crippen molar-refractivity contribution in [3.63, 3.8) is 0 Å². The quantitative estimate of drug-likeness (QED) is 0.124. The Kier molecular flexibility index (Phi) is 11.0. The van der Waals surface area contributed by atoms with Crippen LogP contribution in [0.5, 0.6) is 0 Å². The summed E-state index contributed by atoms with van der Waals surface area (Å²) in [7, 11) is 0. The van der Waals surface area contributed by atoms with Crippen LogP contribution >= 0.6 is 0 Å². The van der Waals surface area contributed by atoms with Gasteiger partial charge in [0, 0.05) is 17.1 Å². The summed E-state index contributed by atoms with van der Waals surface area (Å²) in [6, 6.07) is 104. The molecular weight excluding hydrogens is 831 g/mol. The SMILES string of the molecule is c1ccc(-c2cccc(N(c3ccc(-c4ccc(-c5ccccc5)c(-c5ccccc5)c4)cc3)c3ccc(-c4cccc5c(-c6ccccc6)c(-c6ccccc6)c6ccccc6c45)cc3)c2)cc1. The van der Waals surface area contributed by atoms with Crippen molar-refractivity contribution in [2.75, 3.05) is 4.90 Å². The number of hydrogen-bond acceptors (Lipinski definition) is 1. The molecule has 69 heavy (non-hydrogen) atoms. The zero-order valence-corrected chi connectivity index (χ0v) is 38.1. The van der Waals surface area contributed by atoms with Gasteiger partial charge in [-0.15, -0.1) is 0 Å². The second-order valence-corrected chi connectivity index (χ2v) is 17.6. The van der Waals surface area contributed by atoms with Gasteiger partial charge in [0.15, 0.2) is 0 Å². The van der Waals surface area contributed by atoms with Gasteiger partial charge in [-0.2, -0.15) is 0 Å². The highest BCUT2D eigenvalue weighted by atomic mass is 15.1. The maximum atomic E-state index is 2.38. The summed E-state index contributed by atoms with van der Waals surface area (Å²) in [6.45, 7) is 0. The summed E-state index contributed by atoms with van der Waals surface area (Å²) in [5.74, 6) is 0. The highest BCUT2D eigenvalue weighted by Crippen LogP contribution is 2.48. The van der Waals surface area contributed by atoms with Gasteiger partial charge in [0.05, 0.1) is 0 Å². The molecule has 0 fully saturated rings. The van der Waals surface area contributed by atoms with Crippen molar-refractivity contribution in [1.82, 2.24) is 0 Å². The number of benzene rings is 12. The summed E-state index contributed by atoms with van der Waals surface area (Å²) in [6.07, 6.45) is 0. The standard InChI is InChI=1S/C68H47N/c1-6-20-48(21-7-1)55-30-18-31-59(46-55)69(57-41-36-49(37-42-57)56-40-45-60(50-22-8-2-9-23-50)65(47-56)51-24-10-3-11-25-51)58-43-38-52(39-44-58)61-34-19-35-64-67(54-28-14-5-15-29-54)66(53-26-12-4-13-27-53)62-32-16-17-33-63(62)68(61)64/h1-47H. The monoisotopic (exact) mass is 877 g/mol. The maximum Gasteiger partial charge on any atom is 0.0467 e. The molecule has 1 nitrogen and oxygen atoms in total. The number of fused-ring (bicyclic) bond motifs is 3. The first-order chi connectivity index (χ1) is 34.2. The van der Waals surface area contributed by atoms with Crippen molar-refractivity contribution < 1.29 is 0 Å². The Labute approximate surface area is 404 Å². The second-order valence-electron chi connectivity index (χ2n) is 17.6. The van der Waals surface area contributed by atoms with E-state index in [2.05, 4.69) is 290 Å². The van der Waals surface area contributed by atoms with Crippen LogP contribution in [0.15, 0.2) is 285 Å². The van der Waals surface area contributed by atoms with Crippen molar-refractivity contribution >= 4 is 38.6 Å². The van der Waals surface area contributed by atoms with E-state index in [1.54, 1.807) is 0 Å². The average molecular weight is 878 g/mol. The summed E-state index contributed by atoms with van der Waals surface area (Å²) in [5, 5.41) is 4.99. The predicted molar refractivity (Wildman–Crippen MR) is 294 cm³/mol. The van der Waals surface area contributed by atoms with Gasteiger partial charge in [-0.05, 0) is 142 Å². The van der Waals surface area contributed by atoms with Crippen LogP contribution in [0.1, 0.15) is 0 Å². The van der Waals surface area contributed by atoms with E-state index in [-0.39, 0.29) is 0 Å². The van der Waals surface area contributed by atoms with Gasteiger partial charge in [-0.25, -0.2) is 0 Å². The highest BCUT2D eigenvalue weighted by Gasteiger charge is 2.21.